The average molecular weight is 312 g/mol. The Morgan fingerprint density at radius 1 is 0.955 bits per heavy atom. The molecule has 2 rings (SSSR count). The first-order valence-electron chi connectivity index (χ1n) is 7.70. The van der Waals surface area contributed by atoms with E-state index in [0.29, 0.717) is 5.11 Å². The Bertz CT molecular complexity index is 627. The van der Waals surface area contributed by atoms with Gasteiger partial charge in [0.05, 0.1) is 6.04 Å². The van der Waals surface area contributed by atoms with E-state index >= 15 is 0 Å². The molecular weight excluding hydrogens is 288 g/mol. The van der Waals surface area contributed by atoms with Gasteiger partial charge in [-0.3, -0.25) is 0 Å². The number of anilines is 1. The minimum Gasteiger partial charge on any atom is -0.356 e. The fourth-order valence-electron chi connectivity index (χ4n) is 2.59. The third-order valence-electron chi connectivity index (χ3n) is 3.67. The molecule has 116 valence electrons. The maximum Gasteiger partial charge on any atom is 0.171 e. The second-order valence-electron chi connectivity index (χ2n) is 5.85. The SMILES string of the molecule is CC[C@@H](NC(=S)Nc1cc(C)cc(C)c1)c1ccc(C)cc1. The van der Waals surface area contributed by atoms with Crippen LogP contribution in [0.3, 0.4) is 0 Å². The normalized spacial score (nSPS) is 11.8. The monoisotopic (exact) mass is 312 g/mol. The van der Waals surface area contributed by atoms with Crippen molar-refractivity contribution < 1.29 is 0 Å². The molecule has 3 heteroatoms. The molecule has 0 radical (unpaired) electrons. The molecule has 22 heavy (non-hydrogen) atoms. The molecule has 0 saturated heterocycles. The first-order chi connectivity index (χ1) is 10.5. The van der Waals surface area contributed by atoms with Gasteiger partial charge >= 0.3 is 0 Å². The lowest BCUT2D eigenvalue weighted by Gasteiger charge is -2.20. The highest BCUT2D eigenvalue weighted by Gasteiger charge is 2.10. The second-order valence-corrected chi connectivity index (χ2v) is 6.25. The minimum absolute atomic E-state index is 0.228. The van der Waals surface area contributed by atoms with Crippen LogP contribution in [0.15, 0.2) is 42.5 Å². The third kappa shape index (κ3) is 4.57. The molecule has 2 nitrogen and oxygen atoms in total. The van der Waals surface area contributed by atoms with Crippen LogP contribution in [0, 0.1) is 20.8 Å². The molecule has 0 fully saturated rings. The van der Waals surface area contributed by atoms with E-state index < -0.39 is 0 Å². The van der Waals surface area contributed by atoms with Crippen LogP contribution >= 0.6 is 12.2 Å². The van der Waals surface area contributed by atoms with Gasteiger partial charge in [0.2, 0.25) is 0 Å². The van der Waals surface area contributed by atoms with Crippen LogP contribution in [0.1, 0.15) is 41.6 Å². The molecule has 2 aromatic rings. The van der Waals surface area contributed by atoms with Gasteiger partial charge in [-0.1, -0.05) is 42.8 Å². The molecule has 2 aromatic carbocycles. The largest absolute Gasteiger partial charge is 0.356 e. The molecule has 0 bridgehead atoms. The van der Waals surface area contributed by atoms with Crippen LogP contribution in [0.2, 0.25) is 0 Å². The molecule has 0 aliphatic carbocycles. The Morgan fingerprint density at radius 3 is 2.09 bits per heavy atom. The zero-order valence-electron chi connectivity index (χ0n) is 13.7. The van der Waals surface area contributed by atoms with Crippen LogP contribution in [0.5, 0.6) is 0 Å². The van der Waals surface area contributed by atoms with Gasteiger partial charge in [-0.05, 0) is 68.2 Å². The molecule has 0 aliphatic heterocycles. The van der Waals surface area contributed by atoms with Crippen molar-refractivity contribution >= 4 is 23.0 Å². The summed E-state index contributed by atoms with van der Waals surface area (Å²) in [5, 5.41) is 7.36. The van der Waals surface area contributed by atoms with Crippen LogP contribution in [-0.4, -0.2) is 5.11 Å². The van der Waals surface area contributed by atoms with E-state index in [4.69, 9.17) is 12.2 Å². The molecule has 0 saturated carbocycles. The first kappa shape index (κ1) is 16.5. The van der Waals surface area contributed by atoms with Crippen molar-refractivity contribution in [2.75, 3.05) is 5.32 Å². The summed E-state index contributed by atoms with van der Waals surface area (Å²) in [6.07, 6.45) is 0.984. The molecule has 0 heterocycles. The molecule has 2 N–H and O–H groups in total. The van der Waals surface area contributed by atoms with Crippen molar-refractivity contribution in [1.82, 2.24) is 5.32 Å². The Hall–Kier alpha value is -1.87. The number of hydrogen-bond donors (Lipinski definition) is 2. The fraction of sp³-hybridized carbons (Fsp3) is 0.316. The number of rotatable bonds is 4. The van der Waals surface area contributed by atoms with Crippen molar-refractivity contribution in [2.24, 2.45) is 0 Å². The molecule has 0 aliphatic rings. The van der Waals surface area contributed by atoms with Crippen molar-refractivity contribution in [2.45, 2.75) is 40.2 Å². The summed E-state index contributed by atoms with van der Waals surface area (Å²) in [5.74, 6) is 0. The molecule has 0 unspecified atom stereocenters. The van der Waals surface area contributed by atoms with Crippen molar-refractivity contribution in [3.05, 3.63) is 64.7 Å². The highest BCUT2D eigenvalue weighted by molar-refractivity contribution is 7.80. The first-order valence-corrected chi connectivity index (χ1v) is 8.11. The Morgan fingerprint density at radius 2 is 1.55 bits per heavy atom. The highest BCUT2D eigenvalue weighted by Crippen LogP contribution is 2.18. The van der Waals surface area contributed by atoms with Gasteiger partial charge in [-0.15, -0.1) is 0 Å². The summed E-state index contributed by atoms with van der Waals surface area (Å²) in [4.78, 5) is 0. The Labute approximate surface area is 139 Å². The van der Waals surface area contributed by atoms with Crippen LogP contribution in [0.25, 0.3) is 0 Å². The van der Waals surface area contributed by atoms with E-state index in [1.165, 1.54) is 22.3 Å². The van der Waals surface area contributed by atoms with Gasteiger partial charge in [-0.2, -0.15) is 0 Å². The van der Waals surface area contributed by atoms with E-state index in [1.54, 1.807) is 0 Å². The van der Waals surface area contributed by atoms with Gasteiger partial charge in [0.15, 0.2) is 5.11 Å². The zero-order valence-corrected chi connectivity index (χ0v) is 14.6. The molecule has 0 aromatic heterocycles. The quantitative estimate of drug-likeness (QED) is 0.773. The van der Waals surface area contributed by atoms with Crippen LogP contribution in [0.4, 0.5) is 5.69 Å². The Balaban J connectivity index is 2.04. The second kappa shape index (κ2) is 7.41. The zero-order chi connectivity index (χ0) is 16.1. The van der Waals surface area contributed by atoms with E-state index in [2.05, 4.69) is 80.8 Å². The molecule has 1 atom stereocenters. The lowest BCUT2D eigenvalue weighted by atomic mass is 10.0. The summed E-state index contributed by atoms with van der Waals surface area (Å²) < 4.78 is 0. The van der Waals surface area contributed by atoms with Gasteiger partial charge in [-0.25, -0.2) is 0 Å². The number of nitrogens with one attached hydrogen (secondary N) is 2. The predicted octanol–water partition coefficient (Wildman–Crippen LogP) is 5.05. The summed E-state index contributed by atoms with van der Waals surface area (Å²) in [5.41, 5.74) is 6.03. The van der Waals surface area contributed by atoms with E-state index in [-0.39, 0.29) is 6.04 Å². The number of hydrogen-bond acceptors (Lipinski definition) is 1. The molecular formula is C19H24N2S. The maximum absolute atomic E-state index is 5.47. The lowest BCUT2D eigenvalue weighted by Crippen LogP contribution is -2.32. The topological polar surface area (TPSA) is 24.1 Å². The average Bonchev–Trinajstić information content (AvgIpc) is 2.44. The Kier molecular flexibility index (Phi) is 5.56. The van der Waals surface area contributed by atoms with E-state index in [1.807, 2.05) is 0 Å². The third-order valence-corrected chi connectivity index (χ3v) is 3.89. The smallest absolute Gasteiger partial charge is 0.171 e. The van der Waals surface area contributed by atoms with E-state index in [9.17, 15) is 0 Å². The highest BCUT2D eigenvalue weighted by atomic mass is 32.1. The van der Waals surface area contributed by atoms with Crippen LogP contribution in [-0.2, 0) is 0 Å². The van der Waals surface area contributed by atoms with Crippen LogP contribution < -0.4 is 10.6 Å². The molecule has 0 spiro atoms. The van der Waals surface area contributed by atoms with Gasteiger partial charge in [0.1, 0.15) is 0 Å². The minimum atomic E-state index is 0.228. The predicted molar refractivity (Wildman–Crippen MR) is 99.5 cm³/mol. The van der Waals surface area contributed by atoms with Crippen molar-refractivity contribution in [1.29, 1.82) is 0 Å². The van der Waals surface area contributed by atoms with Gasteiger partial charge in [0, 0.05) is 5.69 Å². The maximum atomic E-state index is 5.47. The lowest BCUT2D eigenvalue weighted by molar-refractivity contribution is 0.629. The van der Waals surface area contributed by atoms with Gasteiger partial charge < -0.3 is 10.6 Å². The molecule has 0 amide bonds. The van der Waals surface area contributed by atoms with Crippen molar-refractivity contribution in [3.8, 4) is 0 Å². The number of aryl methyl sites for hydroxylation is 3. The van der Waals surface area contributed by atoms with Gasteiger partial charge in [0.25, 0.3) is 0 Å². The number of benzene rings is 2. The summed E-state index contributed by atoms with van der Waals surface area (Å²) in [7, 11) is 0. The summed E-state index contributed by atoms with van der Waals surface area (Å²) in [6.45, 7) is 8.45. The van der Waals surface area contributed by atoms with E-state index in [0.717, 1.165) is 12.1 Å². The number of thiocarbonyl (C=S) groups is 1. The summed E-state index contributed by atoms with van der Waals surface area (Å²) in [6, 6.07) is 15.2. The fourth-order valence-corrected chi connectivity index (χ4v) is 2.85. The standard InChI is InChI=1S/C19H24N2S/c1-5-18(16-8-6-13(2)7-9-16)21-19(22)20-17-11-14(3)10-15(4)12-17/h6-12,18H,5H2,1-4H3,(H2,20,21,22)/t18-/m1/s1. The summed E-state index contributed by atoms with van der Waals surface area (Å²) >= 11 is 5.47. The van der Waals surface area contributed by atoms with Crippen molar-refractivity contribution in [3.63, 3.8) is 0 Å².